The second-order valence-corrected chi connectivity index (χ2v) is 16.5. The van der Waals surface area contributed by atoms with E-state index >= 15 is 0 Å². The number of ether oxygens (including phenoxy) is 2. The summed E-state index contributed by atoms with van der Waals surface area (Å²) in [6, 6.07) is 8.22. The van der Waals surface area contributed by atoms with E-state index in [1.807, 2.05) is 0 Å². The highest BCUT2D eigenvalue weighted by molar-refractivity contribution is 7.18. The zero-order valence-electron chi connectivity index (χ0n) is 33.6. The van der Waals surface area contributed by atoms with E-state index in [-0.39, 0.29) is 50.6 Å². The second-order valence-electron chi connectivity index (χ2n) is 15.5. The Kier molecular flexibility index (Phi) is 14.1. The maximum Gasteiger partial charge on any atom is 0.420 e. The summed E-state index contributed by atoms with van der Waals surface area (Å²) in [5, 5.41) is 14.6. The van der Waals surface area contributed by atoms with Gasteiger partial charge in [-0.2, -0.15) is 0 Å². The third-order valence-electron chi connectivity index (χ3n) is 8.43. The van der Waals surface area contributed by atoms with Gasteiger partial charge in [0.2, 0.25) is 5.91 Å². The van der Waals surface area contributed by atoms with Gasteiger partial charge in [0.15, 0.2) is 5.82 Å². The Bertz CT molecular complexity index is 2320. The van der Waals surface area contributed by atoms with Crippen LogP contribution < -0.4 is 10.6 Å². The first kappa shape index (κ1) is 43.1. The molecule has 0 fully saturated rings. The molecule has 0 bridgehead atoms. The quantitative estimate of drug-likeness (QED) is 0.0674. The third kappa shape index (κ3) is 12.2. The van der Waals surface area contributed by atoms with Crippen LogP contribution in [0.2, 0.25) is 0 Å². The Labute approximate surface area is 340 Å². The highest BCUT2D eigenvalue weighted by Crippen LogP contribution is 2.26. The number of nitrogens with zero attached hydrogens (tertiary/aromatic N) is 7. The summed E-state index contributed by atoms with van der Waals surface area (Å²) in [5.74, 6) is 2.68. The molecule has 0 unspecified atom stereocenters. The second kappa shape index (κ2) is 18.9. The van der Waals surface area contributed by atoms with Crippen LogP contribution in [0.25, 0.3) is 21.4 Å². The van der Waals surface area contributed by atoms with Crippen molar-refractivity contribution >= 4 is 62.3 Å². The van der Waals surface area contributed by atoms with E-state index < -0.39 is 29.2 Å². The molecule has 306 valence electrons. The van der Waals surface area contributed by atoms with Gasteiger partial charge in [0.1, 0.15) is 39.5 Å². The Morgan fingerprint density at radius 2 is 1.72 bits per heavy atom. The minimum atomic E-state index is -0.791. The molecule has 1 aromatic carbocycles. The van der Waals surface area contributed by atoms with Gasteiger partial charge in [-0.15, -0.1) is 12.3 Å². The summed E-state index contributed by atoms with van der Waals surface area (Å²) in [6.45, 7) is 11.4. The smallest absolute Gasteiger partial charge is 0.420 e. The van der Waals surface area contributed by atoms with Crippen molar-refractivity contribution in [3.05, 3.63) is 70.8 Å². The number of anilines is 1. The van der Waals surface area contributed by atoms with Gasteiger partial charge in [0.25, 0.3) is 0 Å². The molecule has 17 heteroatoms. The molecule has 15 nitrogen and oxygen atoms in total. The Hall–Kier alpha value is -6.02. The number of imidazole rings is 1. The van der Waals surface area contributed by atoms with Crippen LogP contribution in [0.1, 0.15) is 89.3 Å². The molecule has 0 aliphatic carbocycles. The maximum absolute atomic E-state index is 14.2. The number of nitrogens with one attached hydrogen (secondary N) is 3. The van der Waals surface area contributed by atoms with Gasteiger partial charge in [-0.05, 0) is 84.2 Å². The fraction of sp³-hybridized carbons (Fsp3) is 0.439. The number of terminal acetylenes is 1. The predicted octanol–water partition coefficient (Wildman–Crippen LogP) is 7.22. The molecule has 0 spiro atoms. The number of hydrogen-bond donors (Lipinski definition) is 3. The zero-order chi connectivity index (χ0) is 42.0. The molecule has 4 heterocycles. The highest BCUT2D eigenvalue weighted by Gasteiger charge is 2.27. The molecule has 4 aromatic heterocycles. The molecule has 0 atom stereocenters. The first-order valence-corrected chi connectivity index (χ1v) is 19.7. The number of halogens is 1. The van der Waals surface area contributed by atoms with Crippen molar-refractivity contribution in [3.63, 3.8) is 0 Å². The maximum atomic E-state index is 14.2. The lowest BCUT2D eigenvalue weighted by Crippen LogP contribution is -2.39. The average Bonchev–Trinajstić information content (AvgIpc) is 3.74. The van der Waals surface area contributed by atoms with Gasteiger partial charge in [-0.3, -0.25) is 9.78 Å². The lowest BCUT2D eigenvalue weighted by molar-refractivity contribution is -0.121. The summed E-state index contributed by atoms with van der Waals surface area (Å²) in [4.78, 5) is 64.3. The number of carbonyl (C=O) groups excluding carboxylic acids is 3. The number of fused-ring (bicyclic) bond motifs is 2. The van der Waals surface area contributed by atoms with E-state index in [0.717, 1.165) is 5.56 Å². The van der Waals surface area contributed by atoms with Crippen LogP contribution in [0.5, 0.6) is 0 Å². The van der Waals surface area contributed by atoms with Crippen molar-refractivity contribution in [3.8, 4) is 12.3 Å². The van der Waals surface area contributed by atoms with Crippen LogP contribution in [-0.4, -0.2) is 82.5 Å². The monoisotopic (exact) mass is 812 g/mol. The Morgan fingerprint density at radius 1 is 0.966 bits per heavy atom. The number of aromatic nitrogens is 6. The average molecular weight is 813 g/mol. The minimum absolute atomic E-state index is 0.103. The van der Waals surface area contributed by atoms with Crippen LogP contribution in [0.4, 0.5) is 19.8 Å². The standard InChI is InChI=1S/C41H49FN10O5S/c1-8-9-11-27(43)14-16-33(53)45-23-26-13-15-31-29(22-26)49-32(52(31)39(55)57-41(5,6)7)17-20-51(38(54)56-40(2,3)4)21-18-34-50-35-36(47-25-48-37(35)58-34)46-24-30-28(42)12-10-19-44-30/h1,10,12-13,15,19,22,25,43H,9,11,14,16-18,20-21,23-24H2,2-7H3,(H,45,53)(H,46,47,48). The van der Waals surface area contributed by atoms with Crippen LogP contribution in [0.3, 0.4) is 0 Å². The van der Waals surface area contributed by atoms with Crippen molar-refractivity contribution < 1.29 is 28.2 Å². The van der Waals surface area contributed by atoms with Gasteiger partial charge in [0, 0.05) is 57.2 Å². The van der Waals surface area contributed by atoms with Crippen LogP contribution in [0.15, 0.2) is 42.9 Å². The van der Waals surface area contributed by atoms with Gasteiger partial charge >= 0.3 is 12.2 Å². The van der Waals surface area contributed by atoms with Crippen molar-refractivity contribution in [2.75, 3.05) is 18.4 Å². The van der Waals surface area contributed by atoms with Crippen molar-refractivity contribution in [1.29, 1.82) is 5.41 Å². The number of carbonyl (C=O) groups is 3. The van der Waals surface area contributed by atoms with Crippen LogP contribution >= 0.6 is 11.3 Å². The van der Waals surface area contributed by atoms with Crippen LogP contribution in [0, 0.1) is 23.6 Å². The van der Waals surface area contributed by atoms with Crippen molar-refractivity contribution in [2.24, 2.45) is 0 Å². The Morgan fingerprint density at radius 3 is 2.45 bits per heavy atom. The third-order valence-corrected chi connectivity index (χ3v) is 9.45. The summed E-state index contributed by atoms with van der Waals surface area (Å²) in [6.07, 6.45) is 9.02. The molecule has 0 saturated heterocycles. The van der Waals surface area contributed by atoms with Gasteiger partial charge < -0.3 is 30.4 Å². The van der Waals surface area contributed by atoms with Gasteiger partial charge in [0.05, 0.1) is 28.3 Å². The highest BCUT2D eigenvalue weighted by atomic mass is 32.1. The molecule has 58 heavy (non-hydrogen) atoms. The SMILES string of the molecule is C#CCCC(=N)CCC(=O)NCc1ccc2c(c1)nc(CCN(CCc1nc3c(NCc4ncccc4F)ncnc3s1)C(=O)OC(C)(C)C)n2C(=O)OC(C)(C)C. The minimum Gasteiger partial charge on any atom is -0.444 e. The summed E-state index contributed by atoms with van der Waals surface area (Å²) in [7, 11) is 0. The fourth-order valence-corrected chi connectivity index (χ4v) is 6.59. The lowest BCUT2D eigenvalue weighted by atomic mass is 10.1. The first-order valence-electron chi connectivity index (χ1n) is 18.9. The van der Waals surface area contributed by atoms with E-state index in [9.17, 15) is 18.8 Å². The topological polar surface area (TPSA) is 190 Å². The first-order chi connectivity index (χ1) is 27.5. The van der Waals surface area contributed by atoms with E-state index in [2.05, 4.69) is 31.5 Å². The predicted molar refractivity (Wildman–Crippen MR) is 220 cm³/mol. The van der Waals surface area contributed by atoms with Gasteiger partial charge in [-0.1, -0.05) is 17.4 Å². The van der Waals surface area contributed by atoms with Crippen LogP contribution in [-0.2, 0) is 40.2 Å². The molecular formula is C41H49FN10O5S. The molecule has 2 amide bonds. The molecule has 0 aliphatic rings. The largest absolute Gasteiger partial charge is 0.444 e. The fourth-order valence-electron chi connectivity index (χ4n) is 5.70. The molecule has 5 rings (SSSR count). The van der Waals surface area contributed by atoms with Gasteiger partial charge in [-0.25, -0.2) is 38.5 Å². The number of amides is 2. The normalized spacial score (nSPS) is 11.6. The molecule has 0 aliphatic heterocycles. The van der Waals surface area contributed by atoms with Crippen molar-refractivity contribution in [2.45, 2.75) is 104 Å². The number of rotatable bonds is 16. The van der Waals surface area contributed by atoms with E-state index in [4.69, 9.17) is 31.3 Å². The molecule has 3 N–H and O–H groups in total. The molecule has 5 aromatic rings. The number of thiazole rings is 1. The van der Waals surface area contributed by atoms with E-state index in [1.165, 1.54) is 40.6 Å². The number of benzene rings is 1. The molecule has 0 saturated carbocycles. The number of hydrogen-bond acceptors (Lipinski definition) is 13. The summed E-state index contributed by atoms with van der Waals surface area (Å²) >= 11 is 1.36. The van der Waals surface area contributed by atoms with E-state index in [1.54, 1.807) is 64.6 Å². The molecular weight excluding hydrogens is 764 g/mol. The lowest BCUT2D eigenvalue weighted by Gasteiger charge is -2.27. The zero-order valence-corrected chi connectivity index (χ0v) is 34.5. The Balaban J connectivity index is 1.33. The summed E-state index contributed by atoms with van der Waals surface area (Å²) in [5.41, 5.74) is 1.42. The molecule has 0 radical (unpaired) electrons. The van der Waals surface area contributed by atoms with E-state index in [0.29, 0.717) is 69.4 Å². The van der Waals surface area contributed by atoms with Crippen molar-refractivity contribution in [1.82, 2.24) is 39.7 Å². The summed E-state index contributed by atoms with van der Waals surface area (Å²) < 4.78 is 27.2. The number of pyridine rings is 1.